The van der Waals surface area contributed by atoms with Crippen LogP contribution in [0.4, 0.5) is 5.82 Å². The average molecular weight is 291 g/mol. The molecule has 110 valence electrons. The predicted octanol–water partition coefficient (Wildman–Crippen LogP) is 3.65. The molecule has 0 amide bonds. The molecule has 1 aromatic heterocycles. The number of nitrogens with one attached hydrogen (secondary N) is 1. The van der Waals surface area contributed by atoms with Gasteiger partial charge in [-0.05, 0) is 36.8 Å². The molecule has 0 atom stereocenters. The molecule has 0 aliphatic heterocycles. The fourth-order valence-electron chi connectivity index (χ4n) is 3.02. The molecular weight excluding hydrogens is 266 g/mol. The summed E-state index contributed by atoms with van der Waals surface area (Å²) in [6.45, 7) is 5.33. The van der Waals surface area contributed by atoms with E-state index in [1.807, 2.05) is 19.2 Å². The zero-order valence-corrected chi connectivity index (χ0v) is 13.3. The zero-order chi connectivity index (χ0) is 14.5. The highest BCUT2D eigenvalue weighted by atomic mass is 32.1. The number of pyridine rings is 1. The van der Waals surface area contributed by atoms with Gasteiger partial charge in [0.15, 0.2) is 0 Å². The van der Waals surface area contributed by atoms with Crippen LogP contribution in [-0.4, -0.2) is 16.5 Å². The summed E-state index contributed by atoms with van der Waals surface area (Å²) in [5.74, 6) is 2.61. The van der Waals surface area contributed by atoms with Gasteiger partial charge in [-0.2, -0.15) is 0 Å². The van der Waals surface area contributed by atoms with Crippen molar-refractivity contribution in [2.75, 3.05) is 11.9 Å². The normalized spacial score (nSPS) is 22.5. The molecule has 1 fully saturated rings. The zero-order valence-electron chi connectivity index (χ0n) is 12.5. The highest BCUT2D eigenvalue weighted by Gasteiger charge is 2.18. The van der Waals surface area contributed by atoms with E-state index in [0.29, 0.717) is 4.99 Å². The van der Waals surface area contributed by atoms with Gasteiger partial charge in [0.05, 0.1) is 5.56 Å². The Morgan fingerprint density at radius 2 is 2.10 bits per heavy atom. The Morgan fingerprint density at radius 3 is 2.75 bits per heavy atom. The lowest BCUT2D eigenvalue weighted by molar-refractivity contribution is 0.282. The van der Waals surface area contributed by atoms with Crippen molar-refractivity contribution in [3.63, 3.8) is 0 Å². The Labute approximate surface area is 127 Å². The number of rotatable bonds is 5. The molecule has 0 aromatic carbocycles. The van der Waals surface area contributed by atoms with E-state index in [1.165, 1.54) is 32.1 Å². The van der Waals surface area contributed by atoms with Gasteiger partial charge in [0.1, 0.15) is 10.8 Å². The Balaban J connectivity index is 1.88. The van der Waals surface area contributed by atoms with Crippen molar-refractivity contribution >= 4 is 23.0 Å². The first-order valence-corrected chi connectivity index (χ1v) is 7.98. The maximum atomic E-state index is 5.80. The lowest BCUT2D eigenvalue weighted by atomic mass is 9.81. The molecule has 0 saturated heterocycles. The monoisotopic (exact) mass is 291 g/mol. The second-order valence-electron chi connectivity index (χ2n) is 6.06. The lowest BCUT2D eigenvalue weighted by Gasteiger charge is -2.26. The first-order valence-electron chi connectivity index (χ1n) is 7.57. The standard InChI is InChI=1S/C16H25N3S/c1-11-3-5-13(6-4-11)8-10-19-16-14(15(17)20)12(2)7-9-18-16/h7,9,11,13H,3-6,8,10H2,1-2H3,(H2,17,20)(H,18,19). The number of nitrogens with zero attached hydrogens (tertiary/aromatic N) is 1. The Hall–Kier alpha value is -1.16. The van der Waals surface area contributed by atoms with E-state index in [9.17, 15) is 0 Å². The summed E-state index contributed by atoms with van der Waals surface area (Å²) in [5.41, 5.74) is 7.77. The van der Waals surface area contributed by atoms with Crippen LogP contribution >= 0.6 is 12.2 Å². The van der Waals surface area contributed by atoms with Crippen LogP contribution in [0.15, 0.2) is 12.3 Å². The summed E-state index contributed by atoms with van der Waals surface area (Å²) in [4.78, 5) is 4.80. The fourth-order valence-corrected chi connectivity index (χ4v) is 3.27. The van der Waals surface area contributed by atoms with Gasteiger partial charge >= 0.3 is 0 Å². The molecule has 1 aliphatic carbocycles. The topological polar surface area (TPSA) is 50.9 Å². The van der Waals surface area contributed by atoms with Gasteiger partial charge < -0.3 is 11.1 Å². The van der Waals surface area contributed by atoms with Gasteiger partial charge in [-0.25, -0.2) is 4.98 Å². The number of nitrogens with two attached hydrogens (primary N) is 1. The van der Waals surface area contributed by atoms with Crippen LogP contribution in [0.3, 0.4) is 0 Å². The first-order chi connectivity index (χ1) is 9.58. The highest BCUT2D eigenvalue weighted by Crippen LogP contribution is 2.30. The quantitative estimate of drug-likeness (QED) is 0.813. The second kappa shape index (κ2) is 7.02. The van der Waals surface area contributed by atoms with Crippen molar-refractivity contribution in [3.05, 3.63) is 23.4 Å². The number of hydrogen-bond acceptors (Lipinski definition) is 3. The molecule has 3 nitrogen and oxygen atoms in total. The van der Waals surface area contributed by atoms with E-state index in [1.54, 1.807) is 0 Å². The minimum absolute atomic E-state index is 0.421. The van der Waals surface area contributed by atoms with E-state index >= 15 is 0 Å². The van der Waals surface area contributed by atoms with Crippen LogP contribution < -0.4 is 11.1 Å². The van der Waals surface area contributed by atoms with Gasteiger partial charge in [-0.1, -0.05) is 44.8 Å². The summed E-state index contributed by atoms with van der Waals surface area (Å²) in [6, 6.07) is 1.95. The van der Waals surface area contributed by atoms with E-state index in [4.69, 9.17) is 18.0 Å². The van der Waals surface area contributed by atoms with Gasteiger partial charge in [-0.15, -0.1) is 0 Å². The number of anilines is 1. The van der Waals surface area contributed by atoms with Crippen LogP contribution in [0, 0.1) is 18.8 Å². The molecule has 1 aromatic rings. The highest BCUT2D eigenvalue weighted by molar-refractivity contribution is 7.80. The fraction of sp³-hybridized carbons (Fsp3) is 0.625. The molecular formula is C16H25N3S. The number of aryl methyl sites for hydroxylation is 1. The summed E-state index contributed by atoms with van der Waals surface area (Å²) < 4.78 is 0. The third-order valence-corrected chi connectivity index (χ3v) is 4.59. The molecule has 0 unspecified atom stereocenters. The molecule has 0 radical (unpaired) electrons. The Kier molecular flexibility index (Phi) is 5.35. The summed E-state index contributed by atoms with van der Waals surface area (Å²) in [6.07, 6.45) is 8.51. The molecule has 0 bridgehead atoms. The van der Waals surface area contributed by atoms with E-state index in [-0.39, 0.29) is 0 Å². The maximum absolute atomic E-state index is 5.80. The van der Waals surface area contributed by atoms with Crippen molar-refractivity contribution in [1.29, 1.82) is 0 Å². The molecule has 1 aliphatic rings. The third kappa shape index (κ3) is 3.92. The van der Waals surface area contributed by atoms with E-state index < -0.39 is 0 Å². The van der Waals surface area contributed by atoms with Crippen molar-refractivity contribution < 1.29 is 0 Å². The lowest BCUT2D eigenvalue weighted by Crippen LogP contribution is -2.19. The van der Waals surface area contributed by atoms with Crippen molar-refractivity contribution in [2.24, 2.45) is 17.6 Å². The summed E-state index contributed by atoms with van der Waals surface area (Å²) >= 11 is 5.12. The molecule has 1 heterocycles. The predicted molar refractivity (Wildman–Crippen MR) is 89.1 cm³/mol. The largest absolute Gasteiger partial charge is 0.389 e. The molecule has 1 saturated carbocycles. The number of hydrogen-bond donors (Lipinski definition) is 2. The summed E-state index contributed by atoms with van der Waals surface area (Å²) in [7, 11) is 0. The molecule has 4 heteroatoms. The van der Waals surface area contributed by atoms with Crippen LogP contribution in [0.25, 0.3) is 0 Å². The van der Waals surface area contributed by atoms with Gasteiger partial charge in [0.2, 0.25) is 0 Å². The average Bonchev–Trinajstić information content (AvgIpc) is 2.40. The van der Waals surface area contributed by atoms with Crippen LogP contribution in [0.1, 0.15) is 50.2 Å². The third-order valence-electron chi connectivity index (χ3n) is 4.39. The van der Waals surface area contributed by atoms with Gasteiger partial charge in [0.25, 0.3) is 0 Å². The Bertz CT molecular complexity index is 465. The van der Waals surface area contributed by atoms with Crippen LogP contribution in [-0.2, 0) is 0 Å². The van der Waals surface area contributed by atoms with Gasteiger partial charge in [0, 0.05) is 12.7 Å². The maximum Gasteiger partial charge on any atom is 0.136 e. The second-order valence-corrected chi connectivity index (χ2v) is 6.50. The van der Waals surface area contributed by atoms with Crippen molar-refractivity contribution in [2.45, 2.75) is 46.0 Å². The number of thiocarbonyl (C=S) groups is 1. The SMILES string of the molecule is Cc1ccnc(NCCC2CCC(C)CC2)c1C(N)=S. The Morgan fingerprint density at radius 1 is 1.40 bits per heavy atom. The van der Waals surface area contributed by atoms with Crippen molar-refractivity contribution in [1.82, 2.24) is 4.98 Å². The summed E-state index contributed by atoms with van der Waals surface area (Å²) in [5, 5.41) is 3.42. The smallest absolute Gasteiger partial charge is 0.136 e. The van der Waals surface area contributed by atoms with E-state index in [0.717, 1.165) is 35.3 Å². The van der Waals surface area contributed by atoms with Crippen molar-refractivity contribution in [3.8, 4) is 0 Å². The minimum Gasteiger partial charge on any atom is -0.389 e. The first kappa shape index (κ1) is 15.2. The molecule has 20 heavy (non-hydrogen) atoms. The molecule has 2 rings (SSSR count). The van der Waals surface area contributed by atoms with Crippen LogP contribution in [0.2, 0.25) is 0 Å². The molecule has 3 N–H and O–H groups in total. The minimum atomic E-state index is 0.421. The van der Waals surface area contributed by atoms with E-state index in [2.05, 4.69) is 17.2 Å². The van der Waals surface area contributed by atoms with Gasteiger partial charge in [-0.3, -0.25) is 0 Å². The molecule has 0 spiro atoms. The van der Waals surface area contributed by atoms with Crippen LogP contribution in [0.5, 0.6) is 0 Å². The number of aromatic nitrogens is 1.